The lowest BCUT2D eigenvalue weighted by molar-refractivity contribution is -0.145. The van der Waals surface area contributed by atoms with Crippen LogP contribution in [0.2, 0.25) is 0 Å². The Morgan fingerprint density at radius 3 is 2.14 bits per heavy atom. The Balaban J connectivity index is 1.39. The number of carbonyl (C=O) groups excluding carboxylic acids is 2. The summed E-state index contributed by atoms with van der Waals surface area (Å²) < 4.78 is 45.1. The fraction of sp³-hybridized carbons (Fsp3) is 0.366. The lowest BCUT2D eigenvalue weighted by atomic mass is 10.0. The van der Waals surface area contributed by atoms with Gasteiger partial charge in [-0.3, -0.25) is 14.5 Å². The average molecular weight is 702 g/mol. The average Bonchev–Trinajstić information content (AvgIpc) is 3.60. The first-order valence-electron chi connectivity index (χ1n) is 17.6. The number of hydrogen-bond acceptors (Lipinski definition) is 5. The number of hydrogen-bond donors (Lipinski definition) is 1. The SMILES string of the molecule is CCCCCc1ccc(CN(C(=O)C=Cc2ccc(C(F)(F)F)cc2)[C@@H](Cc2ccccc2)C(=O)N2CCN(Cc3ccc(CO)o3)CC2)cc1. The van der Waals surface area contributed by atoms with Crippen LogP contribution in [0.3, 0.4) is 0 Å². The smallest absolute Gasteiger partial charge is 0.416 e. The van der Waals surface area contributed by atoms with Crippen LogP contribution in [0.25, 0.3) is 6.08 Å². The quantitative estimate of drug-likeness (QED) is 0.103. The number of piperazine rings is 1. The lowest BCUT2D eigenvalue weighted by Crippen LogP contribution is -2.56. The molecule has 10 heteroatoms. The Labute approximate surface area is 298 Å². The van der Waals surface area contributed by atoms with Crippen molar-refractivity contribution in [1.82, 2.24) is 14.7 Å². The molecule has 1 aliphatic heterocycles. The van der Waals surface area contributed by atoms with Crippen molar-refractivity contribution in [2.45, 2.75) is 70.9 Å². The third-order valence-electron chi connectivity index (χ3n) is 9.25. The van der Waals surface area contributed by atoms with Gasteiger partial charge in [0.1, 0.15) is 24.2 Å². The number of aryl methyl sites for hydroxylation is 1. The number of nitrogens with zero attached hydrogens (tertiary/aromatic N) is 3. The minimum atomic E-state index is -4.46. The summed E-state index contributed by atoms with van der Waals surface area (Å²) in [5.41, 5.74) is 2.67. The van der Waals surface area contributed by atoms with Crippen molar-refractivity contribution in [2.75, 3.05) is 26.2 Å². The molecule has 1 saturated heterocycles. The summed E-state index contributed by atoms with van der Waals surface area (Å²) in [7, 11) is 0. The molecule has 0 radical (unpaired) electrons. The molecule has 0 unspecified atom stereocenters. The molecular formula is C41H46F3N3O4. The standard InChI is InChI=1S/C41H46F3N3O4/c1-2-3-5-8-31-11-13-34(14-12-31)28-47(39(49)22-17-32-15-18-35(19-16-32)41(42,43)44)38(27-33-9-6-4-7-10-33)40(50)46-25-23-45(24-26-46)29-36-20-21-37(30-48)51-36/h4,6-7,9-22,38,48H,2-3,5,8,23-30H2,1H3/t38-/m0/s1. The van der Waals surface area contributed by atoms with E-state index in [9.17, 15) is 27.9 Å². The van der Waals surface area contributed by atoms with Gasteiger partial charge in [0.15, 0.2) is 0 Å². The maximum atomic E-state index is 14.5. The molecule has 2 heterocycles. The van der Waals surface area contributed by atoms with Gasteiger partial charge in [0.05, 0.1) is 12.1 Å². The summed E-state index contributed by atoms with van der Waals surface area (Å²) in [4.78, 5) is 34.2. The molecule has 0 aliphatic carbocycles. The van der Waals surface area contributed by atoms with Crippen molar-refractivity contribution in [1.29, 1.82) is 0 Å². The number of aliphatic hydroxyl groups is 1. The number of benzene rings is 3. The molecule has 2 amide bonds. The van der Waals surface area contributed by atoms with Gasteiger partial charge in [-0.2, -0.15) is 13.2 Å². The number of alkyl halides is 3. The van der Waals surface area contributed by atoms with Gasteiger partial charge in [0.25, 0.3) is 0 Å². The summed E-state index contributed by atoms with van der Waals surface area (Å²) in [5.74, 6) is 0.679. The summed E-state index contributed by atoms with van der Waals surface area (Å²) in [6, 6.07) is 25.1. The van der Waals surface area contributed by atoms with Gasteiger partial charge in [-0.25, -0.2) is 0 Å². The van der Waals surface area contributed by atoms with E-state index in [2.05, 4.69) is 24.0 Å². The zero-order valence-electron chi connectivity index (χ0n) is 29.0. The predicted molar refractivity (Wildman–Crippen MR) is 191 cm³/mol. The number of aliphatic hydroxyl groups excluding tert-OH is 1. The third-order valence-corrected chi connectivity index (χ3v) is 9.25. The highest BCUT2D eigenvalue weighted by molar-refractivity contribution is 5.95. The molecule has 270 valence electrons. The summed E-state index contributed by atoms with van der Waals surface area (Å²) >= 11 is 0. The van der Waals surface area contributed by atoms with Gasteiger partial charge in [-0.15, -0.1) is 0 Å². The maximum Gasteiger partial charge on any atom is 0.416 e. The van der Waals surface area contributed by atoms with Crippen LogP contribution in [0.5, 0.6) is 0 Å². The minimum Gasteiger partial charge on any atom is -0.462 e. The first-order valence-corrected chi connectivity index (χ1v) is 17.6. The lowest BCUT2D eigenvalue weighted by Gasteiger charge is -2.39. The van der Waals surface area contributed by atoms with Gasteiger partial charge < -0.3 is 19.3 Å². The normalized spacial score (nSPS) is 14.6. The number of furan rings is 1. The molecule has 5 rings (SSSR count). The maximum absolute atomic E-state index is 14.5. The molecule has 0 bridgehead atoms. The molecular weight excluding hydrogens is 655 g/mol. The second-order valence-electron chi connectivity index (χ2n) is 13.0. The van der Waals surface area contributed by atoms with Crippen LogP contribution in [0.1, 0.15) is 65.5 Å². The molecule has 1 aromatic heterocycles. The molecule has 1 atom stereocenters. The fourth-order valence-corrected chi connectivity index (χ4v) is 6.29. The minimum absolute atomic E-state index is 0.161. The van der Waals surface area contributed by atoms with Crippen molar-refractivity contribution >= 4 is 17.9 Å². The fourth-order valence-electron chi connectivity index (χ4n) is 6.29. The highest BCUT2D eigenvalue weighted by atomic mass is 19.4. The molecule has 0 spiro atoms. The van der Waals surface area contributed by atoms with E-state index in [1.807, 2.05) is 53.4 Å². The van der Waals surface area contributed by atoms with E-state index in [-0.39, 0.29) is 19.1 Å². The molecule has 0 saturated carbocycles. The van der Waals surface area contributed by atoms with Crippen LogP contribution in [-0.2, 0) is 48.3 Å². The number of carbonyl (C=O) groups is 2. The van der Waals surface area contributed by atoms with Gasteiger partial charge in [0, 0.05) is 45.2 Å². The predicted octanol–water partition coefficient (Wildman–Crippen LogP) is 7.52. The Kier molecular flexibility index (Phi) is 13.3. The van der Waals surface area contributed by atoms with Crippen molar-refractivity contribution < 1.29 is 32.3 Å². The first-order chi connectivity index (χ1) is 24.6. The van der Waals surface area contributed by atoms with Gasteiger partial charge in [-0.05, 0) is 65.4 Å². The second-order valence-corrected chi connectivity index (χ2v) is 13.0. The van der Waals surface area contributed by atoms with Crippen molar-refractivity contribution in [3.8, 4) is 0 Å². The number of unbranched alkanes of at least 4 members (excludes halogenated alkanes) is 2. The number of rotatable bonds is 15. The third kappa shape index (κ3) is 10.9. The monoisotopic (exact) mass is 701 g/mol. The van der Waals surface area contributed by atoms with E-state index in [0.717, 1.165) is 54.7 Å². The Morgan fingerprint density at radius 1 is 0.843 bits per heavy atom. The molecule has 7 nitrogen and oxygen atoms in total. The topological polar surface area (TPSA) is 77.2 Å². The van der Waals surface area contributed by atoms with Crippen LogP contribution in [0.4, 0.5) is 13.2 Å². The Hall–Kier alpha value is -4.67. The highest BCUT2D eigenvalue weighted by Crippen LogP contribution is 2.29. The van der Waals surface area contributed by atoms with Crippen molar-refractivity contribution in [3.05, 3.63) is 136 Å². The molecule has 4 aromatic rings. The van der Waals surface area contributed by atoms with Crippen molar-refractivity contribution in [3.63, 3.8) is 0 Å². The summed E-state index contributed by atoms with van der Waals surface area (Å²) in [6.45, 7) is 4.90. The Morgan fingerprint density at radius 2 is 1.51 bits per heavy atom. The van der Waals surface area contributed by atoms with Gasteiger partial charge >= 0.3 is 6.18 Å². The first kappa shape index (κ1) is 37.6. The van der Waals surface area contributed by atoms with E-state index in [1.165, 1.54) is 29.8 Å². The van der Waals surface area contributed by atoms with E-state index in [4.69, 9.17) is 4.42 Å². The molecule has 3 aromatic carbocycles. The van der Waals surface area contributed by atoms with Gasteiger partial charge in [-0.1, -0.05) is 86.5 Å². The van der Waals surface area contributed by atoms with Crippen molar-refractivity contribution in [2.24, 2.45) is 0 Å². The zero-order valence-corrected chi connectivity index (χ0v) is 29.0. The largest absolute Gasteiger partial charge is 0.462 e. The van der Waals surface area contributed by atoms with Crippen LogP contribution < -0.4 is 0 Å². The van der Waals surface area contributed by atoms with Crippen LogP contribution in [0.15, 0.2) is 101 Å². The van der Waals surface area contributed by atoms with Gasteiger partial charge in [0.2, 0.25) is 11.8 Å². The highest BCUT2D eigenvalue weighted by Gasteiger charge is 2.34. The van der Waals surface area contributed by atoms with E-state index < -0.39 is 23.7 Å². The van der Waals surface area contributed by atoms with E-state index >= 15 is 0 Å². The molecule has 1 N–H and O–H groups in total. The Bertz CT molecular complexity index is 1710. The van der Waals surface area contributed by atoms with E-state index in [0.29, 0.717) is 50.5 Å². The van der Waals surface area contributed by atoms with Crippen LogP contribution >= 0.6 is 0 Å². The number of halogens is 3. The summed E-state index contributed by atoms with van der Waals surface area (Å²) in [6.07, 6.45) is 3.03. The van der Waals surface area contributed by atoms with Crippen LogP contribution in [0, 0.1) is 0 Å². The number of amides is 2. The molecule has 1 fully saturated rings. The van der Waals surface area contributed by atoms with E-state index in [1.54, 1.807) is 11.0 Å². The zero-order chi connectivity index (χ0) is 36.2. The second kappa shape index (κ2) is 18.0. The molecule has 1 aliphatic rings. The molecule has 51 heavy (non-hydrogen) atoms. The van der Waals surface area contributed by atoms with Crippen LogP contribution in [-0.4, -0.2) is 63.8 Å². The summed E-state index contributed by atoms with van der Waals surface area (Å²) in [5, 5.41) is 9.35.